The van der Waals surface area contributed by atoms with Gasteiger partial charge >= 0.3 is 11.7 Å². The maximum Gasteiger partial charge on any atom is 0.368 e. The summed E-state index contributed by atoms with van der Waals surface area (Å²) in [5, 5.41) is 11.1. The Morgan fingerprint density at radius 1 is 1.25 bits per heavy atom. The number of halogens is 1. The van der Waals surface area contributed by atoms with Crippen molar-refractivity contribution in [2.24, 2.45) is 7.05 Å². The zero-order valence-corrected chi connectivity index (χ0v) is 16.6. The molecule has 0 aliphatic rings. The first kappa shape index (κ1) is 19.8. The number of carbonyl (C=O) groups excluding carboxylic acids is 1. The summed E-state index contributed by atoms with van der Waals surface area (Å²) >= 11 is 6.15. The van der Waals surface area contributed by atoms with Crippen molar-refractivity contribution in [1.82, 2.24) is 29.6 Å². The van der Waals surface area contributed by atoms with Crippen LogP contribution in [0.25, 0.3) is 5.69 Å². The molecule has 3 aromatic rings. The Kier molecular flexibility index (Phi) is 5.08. The minimum Gasteiger partial charge on any atom is -0.404 e. The van der Waals surface area contributed by atoms with Crippen LogP contribution < -0.4 is 10.4 Å². The molecule has 0 N–H and O–H groups in total. The zero-order chi connectivity index (χ0) is 20.6. The third kappa shape index (κ3) is 3.43. The Labute approximate surface area is 164 Å². The molecule has 1 aromatic carbocycles. The van der Waals surface area contributed by atoms with Gasteiger partial charge in [-0.1, -0.05) is 11.6 Å². The van der Waals surface area contributed by atoms with Crippen LogP contribution in [0.5, 0.6) is 5.88 Å². The smallest absolute Gasteiger partial charge is 0.368 e. The van der Waals surface area contributed by atoms with Crippen molar-refractivity contribution in [1.29, 1.82) is 0 Å². The van der Waals surface area contributed by atoms with E-state index >= 15 is 0 Å². The first-order chi connectivity index (χ1) is 13.1. The SMILES string of the molecule is CCn1nccc1OC(=O)c1ccc(Cl)c(-n2nnn(C)c2=O)c1S(C)(=O)=O. The van der Waals surface area contributed by atoms with Gasteiger partial charge in [-0.15, -0.1) is 0 Å². The highest BCUT2D eigenvalue weighted by Crippen LogP contribution is 2.31. The van der Waals surface area contributed by atoms with Crippen LogP contribution in [0.4, 0.5) is 0 Å². The molecule has 148 valence electrons. The number of aromatic nitrogens is 6. The molecule has 0 atom stereocenters. The number of ether oxygens (including phenoxy) is 1. The van der Waals surface area contributed by atoms with Crippen LogP contribution in [0.1, 0.15) is 17.3 Å². The van der Waals surface area contributed by atoms with Gasteiger partial charge in [-0.3, -0.25) is 0 Å². The highest BCUT2D eigenvalue weighted by Gasteiger charge is 2.29. The van der Waals surface area contributed by atoms with E-state index in [-0.39, 0.29) is 22.2 Å². The standard InChI is InChI=1S/C15H15ClN6O5S/c1-4-21-11(7-8-17-21)27-14(23)9-5-6-10(16)12(13(9)28(3,25)26)22-15(24)20(2)18-19-22/h5-8H,4H2,1-3H3. The van der Waals surface area contributed by atoms with Gasteiger partial charge < -0.3 is 4.74 Å². The predicted octanol–water partition coefficient (Wildman–Crippen LogP) is 0.458. The van der Waals surface area contributed by atoms with Crippen LogP contribution in [0, 0.1) is 0 Å². The molecule has 11 nitrogen and oxygen atoms in total. The topological polar surface area (TPSA) is 131 Å². The van der Waals surface area contributed by atoms with Crippen molar-refractivity contribution >= 4 is 27.4 Å². The van der Waals surface area contributed by atoms with Crippen LogP contribution in [0.2, 0.25) is 5.02 Å². The van der Waals surface area contributed by atoms with Crippen LogP contribution in [0.3, 0.4) is 0 Å². The zero-order valence-electron chi connectivity index (χ0n) is 15.0. The van der Waals surface area contributed by atoms with E-state index in [0.29, 0.717) is 11.2 Å². The molecule has 0 amide bonds. The minimum absolute atomic E-state index is 0.0989. The maximum absolute atomic E-state index is 12.7. The van der Waals surface area contributed by atoms with Gasteiger partial charge in [0.15, 0.2) is 9.84 Å². The van der Waals surface area contributed by atoms with Crippen molar-refractivity contribution in [3.8, 4) is 11.6 Å². The predicted molar refractivity (Wildman–Crippen MR) is 97.6 cm³/mol. The minimum atomic E-state index is -4.03. The van der Waals surface area contributed by atoms with Crippen molar-refractivity contribution < 1.29 is 17.9 Å². The Morgan fingerprint density at radius 2 is 1.96 bits per heavy atom. The van der Waals surface area contributed by atoms with Crippen LogP contribution in [-0.2, 0) is 23.4 Å². The fraction of sp³-hybridized carbons (Fsp3) is 0.267. The van der Waals surface area contributed by atoms with Gasteiger partial charge in [-0.25, -0.2) is 22.7 Å². The molecule has 13 heteroatoms. The molecule has 0 fully saturated rings. The van der Waals surface area contributed by atoms with Gasteiger partial charge in [0.1, 0.15) is 10.6 Å². The third-order valence-electron chi connectivity index (χ3n) is 3.78. The van der Waals surface area contributed by atoms with Crippen molar-refractivity contribution in [2.75, 3.05) is 6.26 Å². The van der Waals surface area contributed by atoms with E-state index in [1.807, 2.05) is 0 Å². The second-order valence-electron chi connectivity index (χ2n) is 5.72. The number of hydrogen-bond acceptors (Lipinski definition) is 8. The largest absolute Gasteiger partial charge is 0.404 e. The summed E-state index contributed by atoms with van der Waals surface area (Å²) in [5.41, 5.74) is -1.31. The van der Waals surface area contributed by atoms with E-state index in [9.17, 15) is 18.0 Å². The lowest BCUT2D eigenvalue weighted by molar-refractivity contribution is 0.0714. The number of esters is 1. The fourth-order valence-corrected chi connectivity index (χ4v) is 3.92. The van der Waals surface area contributed by atoms with Crippen molar-refractivity contribution in [2.45, 2.75) is 18.4 Å². The summed E-state index contributed by atoms with van der Waals surface area (Å²) in [5.74, 6) is -0.814. The van der Waals surface area contributed by atoms with Gasteiger partial charge in [0.05, 0.1) is 16.8 Å². The Balaban J connectivity index is 2.23. The summed E-state index contributed by atoms with van der Waals surface area (Å²) in [6, 6.07) is 3.95. The highest BCUT2D eigenvalue weighted by atomic mass is 35.5. The first-order valence-electron chi connectivity index (χ1n) is 7.91. The number of rotatable bonds is 5. The quantitative estimate of drug-likeness (QED) is 0.537. The van der Waals surface area contributed by atoms with Gasteiger partial charge in [0.2, 0.25) is 5.88 Å². The van der Waals surface area contributed by atoms with Crippen molar-refractivity contribution in [3.63, 3.8) is 0 Å². The number of sulfone groups is 1. The molecule has 28 heavy (non-hydrogen) atoms. The molecule has 2 heterocycles. The summed E-state index contributed by atoms with van der Waals surface area (Å²) in [6.07, 6.45) is 2.33. The Morgan fingerprint density at radius 3 is 2.54 bits per heavy atom. The molecule has 3 rings (SSSR count). The average molecular weight is 427 g/mol. The van der Waals surface area contributed by atoms with E-state index in [0.717, 1.165) is 10.9 Å². The Bertz CT molecular complexity index is 1230. The molecule has 0 unspecified atom stereocenters. The van der Waals surface area contributed by atoms with Gasteiger partial charge in [0, 0.05) is 25.9 Å². The van der Waals surface area contributed by atoms with Crippen molar-refractivity contribution in [3.05, 3.63) is 45.5 Å². The van der Waals surface area contributed by atoms with E-state index in [1.165, 1.54) is 36.1 Å². The number of nitrogens with zero attached hydrogens (tertiary/aromatic N) is 6. The second-order valence-corrected chi connectivity index (χ2v) is 8.08. The molecule has 0 saturated heterocycles. The molecule has 2 aromatic heterocycles. The average Bonchev–Trinajstić information content (AvgIpc) is 3.20. The second kappa shape index (κ2) is 7.20. The molecule has 0 spiro atoms. The van der Waals surface area contributed by atoms with E-state index in [2.05, 4.69) is 15.5 Å². The summed E-state index contributed by atoms with van der Waals surface area (Å²) in [7, 11) is -2.69. The van der Waals surface area contributed by atoms with Gasteiger partial charge in [-0.05, 0) is 29.5 Å². The van der Waals surface area contributed by atoms with Crippen LogP contribution in [-0.4, -0.2) is 50.2 Å². The van der Waals surface area contributed by atoms with E-state index < -0.39 is 26.4 Å². The fourth-order valence-electron chi connectivity index (χ4n) is 2.53. The number of hydrogen-bond donors (Lipinski definition) is 0. The molecular formula is C15H15ClN6O5S. The molecule has 0 bridgehead atoms. The number of aryl methyl sites for hydroxylation is 2. The maximum atomic E-state index is 12.7. The Hall–Kier alpha value is -2.99. The molecule has 0 aliphatic heterocycles. The molecule has 0 aliphatic carbocycles. The van der Waals surface area contributed by atoms with E-state index in [4.69, 9.17) is 16.3 Å². The van der Waals surface area contributed by atoms with Crippen LogP contribution >= 0.6 is 11.6 Å². The lowest BCUT2D eigenvalue weighted by Gasteiger charge is -2.13. The number of benzene rings is 1. The lowest BCUT2D eigenvalue weighted by Crippen LogP contribution is -2.25. The summed E-state index contributed by atoms with van der Waals surface area (Å²) in [6.45, 7) is 2.24. The van der Waals surface area contributed by atoms with E-state index in [1.54, 1.807) is 6.92 Å². The third-order valence-corrected chi connectivity index (χ3v) is 5.24. The number of carbonyl (C=O) groups is 1. The highest BCUT2D eigenvalue weighted by molar-refractivity contribution is 7.91. The summed E-state index contributed by atoms with van der Waals surface area (Å²) < 4.78 is 33.3. The first-order valence-corrected chi connectivity index (χ1v) is 10.2. The summed E-state index contributed by atoms with van der Waals surface area (Å²) in [4.78, 5) is 24.5. The lowest BCUT2D eigenvalue weighted by atomic mass is 10.2. The monoisotopic (exact) mass is 426 g/mol. The molecule has 0 radical (unpaired) electrons. The van der Waals surface area contributed by atoms with Crippen LogP contribution in [0.15, 0.2) is 34.1 Å². The normalized spacial score (nSPS) is 11.6. The molecular weight excluding hydrogens is 412 g/mol. The number of tetrazole rings is 1. The van der Waals surface area contributed by atoms with Gasteiger partial charge in [-0.2, -0.15) is 14.5 Å². The van der Waals surface area contributed by atoms with Gasteiger partial charge in [0.25, 0.3) is 0 Å². The molecule has 0 saturated carbocycles.